The Hall–Kier alpha value is -0.340. The highest BCUT2D eigenvalue weighted by atomic mass is 32.1. The maximum absolute atomic E-state index is 10.5. The van der Waals surface area contributed by atoms with Gasteiger partial charge in [0.05, 0.1) is 6.10 Å². The van der Waals surface area contributed by atoms with Gasteiger partial charge in [-0.1, -0.05) is 25.7 Å². The van der Waals surface area contributed by atoms with Crippen molar-refractivity contribution in [2.45, 2.75) is 58.5 Å². The van der Waals surface area contributed by atoms with Crippen molar-refractivity contribution in [3.05, 3.63) is 21.4 Å². The molecule has 0 radical (unpaired) electrons. The molecule has 16 heavy (non-hydrogen) atoms. The van der Waals surface area contributed by atoms with Crippen molar-refractivity contribution >= 4 is 11.3 Å². The molecule has 1 aliphatic carbocycles. The zero-order valence-corrected chi connectivity index (χ0v) is 11.1. The minimum Gasteiger partial charge on any atom is -0.387 e. The van der Waals surface area contributed by atoms with Gasteiger partial charge in [0.1, 0.15) is 0 Å². The smallest absolute Gasteiger partial charge is 0.0912 e. The first kappa shape index (κ1) is 12.1. The van der Waals surface area contributed by atoms with Gasteiger partial charge in [-0.25, -0.2) is 0 Å². The van der Waals surface area contributed by atoms with Gasteiger partial charge in [0.25, 0.3) is 0 Å². The third-order valence-electron chi connectivity index (χ3n) is 3.69. The van der Waals surface area contributed by atoms with E-state index in [1.807, 2.05) is 0 Å². The van der Waals surface area contributed by atoms with E-state index < -0.39 is 0 Å². The van der Waals surface area contributed by atoms with Crippen LogP contribution in [0.1, 0.15) is 59.9 Å². The van der Waals surface area contributed by atoms with Crippen LogP contribution in [-0.4, -0.2) is 5.11 Å². The summed E-state index contributed by atoms with van der Waals surface area (Å²) >= 11 is 1.77. The number of aryl methyl sites for hydroxylation is 2. The van der Waals surface area contributed by atoms with Crippen molar-refractivity contribution in [1.29, 1.82) is 0 Å². The minimum absolute atomic E-state index is 0.211. The van der Waals surface area contributed by atoms with Gasteiger partial charge in [0.15, 0.2) is 0 Å². The number of aliphatic hydroxyl groups is 1. The van der Waals surface area contributed by atoms with Crippen molar-refractivity contribution < 1.29 is 5.11 Å². The highest BCUT2D eigenvalue weighted by molar-refractivity contribution is 7.12. The molecule has 0 bridgehead atoms. The summed E-state index contributed by atoms with van der Waals surface area (Å²) in [4.78, 5) is 2.53. The molecule has 1 atom stereocenters. The van der Waals surface area contributed by atoms with Gasteiger partial charge in [-0.15, -0.1) is 11.3 Å². The van der Waals surface area contributed by atoms with Crippen molar-refractivity contribution in [2.75, 3.05) is 0 Å². The average Bonchev–Trinajstić information content (AvgIpc) is 2.49. The summed E-state index contributed by atoms with van der Waals surface area (Å²) in [6.45, 7) is 4.25. The number of hydrogen-bond acceptors (Lipinski definition) is 2. The van der Waals surface area contributed by atoms with Crippen LogP contribution < -0.4 is 0 Å². The molecule has 0 spiro atoms. The molecule has 1 N–H and O–H groups in total. The summed E-state index contributed by atoms with van der Waals surface area (Å²) in [5.74, 6) is 0.499. The second-order valence-electron chi connectivity index (χ2n) is 5.10. The summed E-state index contributed by atoms with van der Waals surface area (Å²) < 4.78 is 0. The largest absolute Gasteiger partial charge is 0.387 e. The summed E-state index contributed by atoms with van der Waals surface area (Å²) in [7, 11) is 0. The Morgan fingerprint density at radius 2 is 1.81 bits per heavy atom. The summed E-state index contributed by atoms with van der Waals surface area (Å²) in [6, 6.07) is 2.19. The lowest BCUT2D eigenvalue weighted by molar-refractivity contribution is 0.102. The fraction of sp³-hybridized carbons (Fsp3) is 0.714. The Balaban J connectivity index is 2.10. The fourth-order valence-electron chi connectivity index (χ4n) is 2.79. The van der Waals surface area contributed by atoms with Gasteiger partial charge in [-0.05, 0) is 44.2 Å². The van der Waals surface area contributed by atoms with E-state index in [9.17, 15) is 5.11 Å². The van der Waals surface area contributed by atoms with Gasteiger partial charge in [-0.3, -0.25) is 0 Å². The Morgan fingerprint density at radius 1 is 1.19 bits per heavy atom. The zero-order valence-electron chi connectivity index (χ0n) is 10.3. The molecule has 0 saturated heterocycles. The van der Waals surface area contributed by atoms with E-state index in [1.165, 1.54) is 53.8 Å². The fourth-order valence-corrected chi connectivity index (χ4v) is 3.91. The number of hydrogen-bond donors (Lipinski definition) is 1. The van der Waals surface area contributed by atoms with E-state index in [0.717, 1.165) is 0 Å². The van der Waals surface area contributed by atoms with Crippen LogP contribution in [0.2, 0.25) is 0 Å². The molecule has 0 aromatic carbocycles. The van der Waals surface area contributed by atoms with Crippen LogP contribution in [0.4, 0.5) is 0 Å². The lowest BCUT2D eigenvalue weighted by Gasteiger charge is -2.20. The number of thiophene rings is 1. The Kier molecular flexibility index (Phi) is 4.04. The highest BCUT2D eigenvalue weighted by Crippen LogP contribution is 2.37. The van der Waals surface area contributed by atoms with Crippen LogP contribution in [-0.2, 0) is 0 Å². The molecule has 0 aliphatic heterocycles. The minimum atomic E-state index is -0.211. The molecule has 1 saturated carbocycles. The van der Waals surface area contributed by atoms with E-state index in [-0.39, 0.29) is 6.10 Å². The van der Waals surface area contributed by atoms with Crippen LogP contribution >= 0.6 is 11.3 Å². The standard InChI is InChI=1S/C14H22OS/c1-10-9-11(2)16-14(10)13(15)12-7-5-3-4-6-8-12/h9,12-13,15H,3-8H2,1-2H3. The highest BCUT2D eigenvalue weighted by Gasteiger charge is 2.24. The molecular formula is C14H22OS. The predicted molar refractivity (Wildman–Crippen MR) is 69.9 cm³/mol. The van der Waals surface area contributed by atoms with Gasteiger partial charge >= 0.3 is 0 Å². The van der Waals surface area contributed by atoms with Crippen LogP contribution in [0.3, 0.4) is 0 Å². The maximum atomic E-state index is 10.5. The zero-order chi connectivity index (χ0) is 11.5. The molecule has 1 heterocycles. The second kappa shape index (κ2) is 5.33. The molecule has 2 rings (SSSR count). The third-order valence-corrected chi connectivity index (χ3v) is 4.92. The first-order valence-electron chi connectivity index (χ1n) is 6.43. The quantitative estimate of drug-likeness (QED) is 0.759. The normalized spacial score (nSPS) is 20.7. The summed E-state index contributed by atoms with van der Waals surface area (Å²) in [6.07, 6.45) is 7.50. The SMILES string of the molecule is Cc1cc(C)c(C(O)C2CCCCCC2)s1. The Labute approximate surface area is 103 Å². The lowest BCUT2D eigenvalue weighted by Crippen LogP contribution is -2.11. The van der Waals surface area contributed by atoms with Crippen molar-refractivity contribution in [2.24, 2.45) is 5.92 Å². The molecule has 1 aliphatic rings. The summed E-state index contributed by atoms with van der Waals surface area (Å²) in [5, 5.41) is 10.5. The first-order valence-corrected chi connectivity index (χ1v) is 7.25. The van der Waals surface area contributed by atoms with Crippen LogP contribution in [0.25, 0.3) is 0 Å². The van der Waals surface area contributed by atoms with Crippen LogP contribution in [0, 0.1) is 19.8 Å². The van der Waals surface area contributed by atoms with Crippen molar-refractivity contribution in [1.82, 2.24) is 0 Å². The van der Waals surface area contributed by atoms with Gasteiger partial charge in [-0.2, -0.15) is 0 Å². The molecule has 1 aromatic heterocycles. The molecule has 1 nitrogen and oxygen atoms in total. The van der Waals surface area contributed by atoms with E-state index in [0.29, 0.717) is 5.92 Å². The van der Waals surface area contributed by atoms with Crippen LogP contribution in [0.15, 0.2) is 6.07 Å². The van der Waals surface area contributed by atoms with Crippen LogP contribution in [0.5, 0.6) is 0 Å². The number of aliphatic hydroxyl groups excluding tert-OH is 1. The molecule has 2 heteroatoms. The molecule has 1 aromatic rings. The Morgan fingerprint density at radius 3 is 2.31 bits per heavy atom. The van der Waals surface area contributed by atoms with E-state index in [4.69, 9.17) is 0 Å². The van der Waals surface area contributed by atoms with Crippen molar-refractivity contribution in [3.8, 4) is 0 Å². The van der Waals surface area contributed by atoms with Gasteiger partial charge in [0, 0.05) is 9.75 Å². The van der Waals surface area contributed by atoms with E-state index >= 15 is 0 Å². The molecule has 1 fully saturated rings. The first-order chi connectivity index (χ1) is 7.68. The third kappa shape index (κ3) is 2.67. The maximum Gasteiger partial charge on any atom is 0.0912 e. The second-order valence-corrected chi connectivity index (χ2v) is 6.39. The lowest BCUT2D eigenvalue weighted by atomic mass is 9.92. The molecule has 90 valence electrons. The van der Waals surface area contributed by atoms with Gasteiger partial charge in [0.2, 0.25) is 0 Å². The molecule has 1 unspecified atom stereocenters. The Bertz CT molecular complexity index is 335. The topological polar surface area (TPSA) is 20.2 Å². The molecular weight excluding hydrogens is 216 g/mol. The predicted octanol–water partition coefficient (Wildman–Crippen LogP) is 4.37. The molecule has 0 amide bonds. The number of rotatable bonds is 2. The van der Waals surface area contributed by atoms with Gasteiger partial charge < -0.3 is 5.11 Å². The van der Waals surface area contributed by atoms with E-state index in [1.54, 1.807) is 11.3 Å². The van der Waals surface area contributed by atoms with Crippen molar-refractivity contribution in [3.63, 3.8) is 0 Å². The average molecular weight is 238 g/mol. The monoisotopic (exact) mass is 238 g/mol. The van der Waals surface area contributed by atoms with E-state index in [2.05, 4.69) is 19.9 Å². The summed E-state index contributed by atoms with van der Waals surface area (Å²) in [5.41, 5.74) is 1.28.